The molecule has 1 amide bonds. The zero-order valence-electron chi connectivity index (χ0n) is 15.3. The van der Waals surface area contributed by atoms with Gasteiger partial charge in [0.1, 0.15) is 0 Å². The Morgan fingerprint density at radius 3 is 2.56 bits per heavy atom. The molecule has 0 spiro atoms. The van der Waals surface area contributed by atoms with Crippen LogP contribution in [0.15, 0.2) is 0 Å². The highest BCUT2D eigenvalue weighted by Crippen LogP contribution is 2.21. The van der Waals surface area contributed by atoms with Crippen LogP contribution in [0, 0.1) is 11.8 Å². The summed E-state index contributed by atoms with van der Waals surface area (Å²) in [6, 6.07) is 0. The van der Waals surface area contributed by atoms with E-state index in [2.05, 4.69) is 10.6 Å². The third-order valence-electron chi connectivity index (χ3n) is 5.22. The number of halogens is 1. The Balaban J connectivity index is 0.00000312. The second-order valence-electron chi connectivity index (χ2n) is 7.13. The molecule has 0 saturated carbocycles. The predicted molar refractivity (Wildman–Crippen MR) is 103 cm³/mol. The highest BCUT2D eigenvalue weighted by Gasteiger charge is 2.30. The molecule has 2 saturated heterocycles. The zero-order chi connectivity index (χ0) is 17.4. The first-order chi connectivity index (χ1) is 11.5. The molecular formula is C17H34ClN3O3S. The Morgan fingerprint density at radius 1 is 1.24 bits per heavy atom. The van der Waals surface area contributed by atoms with E-state index in [9.17, 15) is 13.2 Å². The van der Waals surface area contributed by atoms with Crippen LogP contribution in [0.2, 0.25) is 0 Å². The normalized spacial score (nSPS) is 23.0. The third-order valence-corrected chi connectivity index (χ3v) is 7.18. The van der Waals surface area contributed by atoms with E-state index in [1.165, 1.54) is 12.8 Å². The molecule has 148 valence electrons. The fraction of sp³-hybridized carbons (Fsp3) is 0.941. The van der Waals surface area contributed by atoms with Crippen LogP contribution in [-0.4, -0.2) is 57.1 Å². The van der Waals surface area contributed by atoms with Gasteiger partial charge in [-0.05, 0) is 57.5 Å². The van der Waals surface area contributed by atoms with Crippen molar-refractivity contribution in [2.75, 3.05) is 38.5 Å². The van der Waals surface area contributed by atoms with Crippen LogP contribution in [-0.2, 0) is 14.8 Å². The van der Waals surface area contributed by atoms with Crippen molar-refractivity contribution in [3.63, 3.8) is 0 Å². The summed E-state index contributed by atoms with van der Waals surface area (Å²) in [6.45, 7) is 5.87. The van der Waals surface area contributed by atoms with Gasteiger partial charge in [0.15, 0.2) is 0 Å². The van der Waals surface area contributed by atoms with Gasteiger partial charge in [-0.1, -0.05) is 13.3 Å². The quantitative estimate of drug-likeness (QED) is 0.656. The molecule has 25 heavy (non-hydrogen) atoms. The zero-order valence-corrected chi connectivity index (χ0v) is 17.0. The first-order valence-corrected chi connectivity index (χ1v) is 11.1. The van der Waals surface area contributed by atoms with E-state index in [0.717, 1.165) is 32.5 Å². The molecule has 0 bridgehead atoms. The molecule has 6 nitrogen and oxygen atoms in total. The number of carbonyl (C=O) groups is 1. The molecule has 0 aliphatic carbocycles. The molecule has 2 aliphatic rings. The van der Waals surface area contributed by atoms with E-state index in [0.29, 0.717) is 38.3 Å². The molecule has 0 radical (unpaired) electrons. The van der Waals surface area contributed by atoms with Crippen LogP contribution in [0.1, 0.15) is 51.9 Å². The molecule has 2 heterocycles. The number of unbranched alkanes of at least 4 members (excludes halogenated alkanes) is 1. The van der Waals surface area contributed by atoms with E-state index in [1.54, 1.807) is 4.31 Å². The molecule has 8 heteroatoms. The van der Waals surface area contributed by atoms with Gasteiger partial charge < -0.3 is 10.6 Å². The molecule has 2 aliphatic heterocycles. The lowest BCUT2D eigenvalue weighted by atomic mass is 9.95. The molecule has 1 atom stereocenters. The monoisotopic (exact) mass is 395 g/mol. The number of hydrogen-bond donors (Lipinski definition) is 2. The van der Waals surface area contributed by atoms with E-state index >= 15 is 0 Å². The number of amides is 1. The van der Waals surface area contributed by atoms with Crippen molar-refractivity contribution in [1.82, 2.24) is 14.9 Å². The van der Waals surface area contributed by atoms with Crippen molar-refractivity contribution in [2.45, 2.75) is 51.9 Å². The van der Waals surface area contributed by atoms with Crippen molar-refractivity contribution in [2.24, 2.45) is 11.8 Å². The minimum Gasteiger partial charge on any atom is -0.356 e. The number of nitrogens with zero attached hydrogens (tertiary/aromatic N) is 1. The van der Waals surface area contributed by atoms with Crippen LogP contribution in [0.5, 0.6) is 0 Å². The number of hydrogen-bond acceptors (Lipinski definition) is 4. The molecule has 0 aromatic heterocycles. The van der Waals surface area contributed by atoms with Gasteiger partial charge in [-0.3, -0.25) is 4.79 Å². The lowest BCUT2D eigenvalue weighted by molar-refractivity contribution is -0.126. The fourth-order valence-electron chi connectivity index (χ4n) is 3.57. The van der Waals surface area contributed by atoms with Crippen molar-refractivity contribution in [3.8, 4) is 0 Å². The number of carbonyl (C=O) groups excluding carboxylic acids is 1. The molecule has 0 aromatic carbocycles. The summed E-state index contributed by atoms with van der Waals surface area (Å²) in [6.07, 6.45) is 6.38. The SMILES string of the molecule is CCCCS(=O)(=O)N1CCC(C(=O)NCCC2CCCNC2)CC1.Cl. The van der Waals surface area contributed by atoms with Gasteiger partial charge in [0, 0.05) is 25.6 Å². The van der Waals surface area contributed by atoms with Gasteiger partial charge in [-0.15, -0.1) is 12.4 Å². The Morgan fingerprint density at radius 2 is 1.96 bits per heavy atom. The van der Waals surface area contributed by atoms with E-state index in [1.807, 2.05) is 6.92 Å². The number of rotatable bonds is 8. The summed E-state index contributed by atoms with van der Waals surface area (Å²) >= 11 is 0. The van der Waals surface area contributed by atoms with Gasteiger partial charge in [0.25, 0.3) is 0 Å². The summed E-state index contributed by atoms with van der Waals surface area (Å²) in [5, 5.41) is 6.45. The average Bonchev–Trinajstić information content (AvgIpc) is 2.61. The molecule has 2 fully saturated rings. The maximum atomic E-state index is 12.3. The highest BCUT2D eigenvalue weighted by molar-refractivity contribution is 7.89. The smallest absolute Gasteiger partial charge is 0.223 e. The van der Waals surface area contributed by atoms with Crippen LogP contribution in [0.3, 0.4) is 0 Å². The van der Waals surface area contributed by atoms with Gasteiger partial charge in [0.2, 0.25) is 15.9 Å². The maximum Gasteiger partial charge on any atom is 0.223 e. The second kappa shape index (κ2) is 11.4. The first-order valence-electron chi connectivity index (χ1n) is 9.49. The fourth-order valence-corrected chi connectivity index (χ4v) is 5.25. The van der Waals surface area contributed by atoms with Gasteiger partial charge in [0.05, 0.1) is 5.75 Å². The highest BCUT2D eigenvalue weighted by atomic mass is 35.5. The topological polar surface area (TPSA) is 78.5 Å². The molecule has 1 unspecified atom stereocenters. The van der Waals surface area contributed by atoms with Crippen LogP contribution in [0.4, 0.5) is 0 Å². The van der Waals surface area contributed by atoms with E-state index in [-0.39, 0.29) is 30.0 Å². The molecule has 2 rings (SSSR count). The standard InChI is InChI=1S/C17H33N3O3S.ClH/c1-2-3-13-24(22,23)20-11-7-16(8-12-20)17(21)19-10-6-15-5-4-9-18-14-15;/h15-16,18H,2-14H2,1H3,(H,19,21);1H. The minimum absolute atomic E-state index is 0. The third kappa shape index (κ3) is 7.41. The van der Waals surface area contributed by atoms with Crippen molar-refractivity contribution < 1.29 is 13.2 Å². The summed E-state index contributed by atoms with van der Waals surface area (Å²) in [7, 11) is -3.13. The minimum atomic E-state index is -3.13. The lowest BCUT2D eigenvalue weighted by Crippen LogP contribution is -2.44. The van der Waals surface area contributed by atoms with Gasteiger partial charge in [-0.25, -0.2) is 12.7 Å². The maximum absolute atomic E-state index is 12.3. The van der Waals surface area contributed by atoms with Crippen LogP contribution < -0.4 is 10.6 Å². The Bertz CT molecular complexity index is 487. The average molecular weight is 396 g/mol. The summed E-state index contributed by atoms with van der Waals surface area (Å²) in [5.41, 5.74) is 0. The largest absolute Gasteiger partial charge is 0.356 e. The predicted octanol–water partition coefficient (Wildman–Crippen LogP) is 1.76. The van der Waals surface area contributed by atoms with Crippen LogP contribution in [0.25, 0.3) is 0 Å². The second-order valence-corrected chi connectivity index (χ2v) is 9.22. The van der Waals surface area contributed by atoms with Gasteiger partial charge >= 0.3 is 0 Å². The summed E-state index contributed by atoms with van der Waals surface area (Å²) in [5.74, 6) is 0.969. The van der Waals surface area contributed by atoms with Crippen molar-refractivity contribution in [3.05, 3.63) is 0 Å². The lowest BCUT2D eigenvalue weighted by Gasteiger charge is -2.30. The van der Waals surface area contributed by atoms with Crippen LogP contribution >= 0.6 is 12.4 Å². The van der Waals surface area contributed by atoms with E-state index < -0.39 is 10.0 Å². The Kier molecular flexibility index (Phi) is 10.3. The molecule has 0 aromatic rings. The van der Waals surface area contributed by atoms with E-state index in [4.69, 9.17) is 0 Å². The van der Waals surface area contributed by atoms with Gasteiger partial charge in [-0.2, -0.15) is 0 Å². The van der Waals surface area contributed by atoms with Crippen molar-refractivity contribution in [1.29, 1.82) is 0 Å². The first kappa shape index (κ1) is 22.7. The molecule has 2 N–H and O–H groups in total. The Labute approximate surface area is 159 Å². The Hall–Kier alpha value is -0.370. The number of sulfonamides is 1. The summed E-state index contributed by atoms with van der Waals surface area (Å²) < 4.78 is 25.9. The molecular weight excluding hydrogens is 362 g/mol. The summed E-state index contributed by atoms with van der Waals surface area (Å²) in [4.78, 5) is 12.3. The number of nitrogens with one attached hydrogen (secondary N) is 2. The number of piperidine rings is 2. The van der Waals surface area contributed by atoms with Crippen molar-refractivity contribution >= 4 is 28.3 Å².